The first kappa shape index (κ1) is 24.3. The van der Waals surface area contributed by atoms with Crippen LogP contribution in [0.3, 0.4) is 0 Å². The number of ether oxygens (including phenoxy) is 2. The second kappa shape index (κ2) is 12.0. The third-order valence-electron chi connectivity index (χ3n) is 4.65. The summed E-state index contributed by atoms with van der Waals surface area (Å²) in [6.45, 7) is 1.65. The zero-order chi connectivity index (χ0) is 21.2. The van der Waals surface area contributed by atoms with Crippen LogP contribution < -0.4 is 0 Å². The van der Waals surface area contributed by atoms with Crippen LogP contribution in [-0.2, 0) is 33.6 Å². The van der Waals surface area contributed by atoms with Gasteiger partial charge in [-0.2, -0.15) is 8.42 Å². The van der Waals surface area contributed by atoms with Crippen LogP contribution in [0.4, 0.5) is 0 Å². The predicted molar refractivity (Wildman–Crippen MR) is 103 cm³/mol. The van der Waals surface area contributed by atoms with Gasteiger partial charge in [-0.15, -0.1) is 0 Å². The highest BCUT2D eigenvalue weighted by molar-refractivity contribution is 7.80. The van der Waals surface area contributed by atoms with Crippen molar-refractivity contribution in [2.75, 3.05) is 20.8 Å². The minimum Gasteiger partial charge on any atom is -0.489 e. The van der Waals surface area contributed by atoms with Crippen molar-refractivity contribution in [3.8, 4) is 0 Å². The number of ketones is 2. The summed E-state index contributed by atoms with van der Waals surface area (Å²) < 4.78 is 43.5. The lowest BCUT2D eigenvalue weighted by Gasteiger charge is -2.20. The van der Waals surface area contributed by atoms with Gasteiger partial charge in [0.05, 0.1) is 20.8 Å². The molecule has 0 spiro atoms. The monoisotopic (exact) mass is 418 g/mol. The number of carbonyl (C=O) groups excluding carboxylic acids is 2. The molecule has 1 rings (SSSR count). The Kier molecular flexibility index (Phi) is 10.4. The molecule has 0 bridgehead atoms. The van der Waals surface area contributed by atoms with E-state index in [1.54, 1.807) is 6.92 Å². The second-order valence-corrected chi connectivity index (χ2v) is 7.75. The van der Waals surface area contributed by atoms with Gasteiger partial charge in [0.1, 0.15) is 0 Å². The van der Waals surface area contributed by atoms with Crippen LogP contribution in [0.5, 0.6) is 0 Å². The summed E-state index contributed by atoms with van der Waals surface area (Å²) in [6.07, 6.45) is 7.78. The largest absolute Gasteiger partial charge is 0.489 e. The van der Waals surface area contributed by atoms with Crippen molar-refractivity contribution in [3.05, 3.63) is 22.7 Å². The Morgan fingerprint density at radius 3 is 1.75 bits per heavy atom. The quantitative estimate of drug-likeness (QED) is 0.259. The van der Waals surface area contributed by atoms with Gasteiger partial charge < -0.3 is 9.47 Å². The normalized spacial score (nSPS) is 15.4. The average Bonchev–Trinajstić information content (AvgIpc) is 2.63. The van der Waals surface area contributed by atoms with Gasteiger partial charge >= 0.3 is 10.4 Å². The minimum absolute atomic E-state index is 0.00272. The Morgan fingerprint density at radius 1 is 0.786 bits per heavy atom. The van der Waals surface area contributed by atoms with E-state index in [2.05, 4.69) is 4.18 Å². The van der Waals surface area contributed by atoms with E-state index in [0.29, 0.717) is 24.0 Å². The summed E-state index contributed by atoms with van der Waals surface area (Å²) in [5.74, 6) is -0.627. The van der Waals surface area contributed by atoms with E-state index in [1.807, 2.05) is 0 Å². The molecular weight excluding hydrogens is 388 g/mol. The van der Waals surface area contributed by atoms with Crippen LogP contribution in [0, 0.1) is 0 Å². The molecule has 1 N–H and O–H groups in total. The Labute approximate surface area is 166 Å². The van der Waals surface area contributed by atoms with Gasteiger partial charge in [-0.25, -0.2) is 4.18 Å². The molecule has 28 heavy (non-hydrogen) atoms. The SMILES string of the molecule is COC1=C(OC)C(=O)C(CCCCCCCCCCOS(=O)(=O)O)=C(C)C1=O. The first-order valence-corrected chi connectivity index (χ1v) is 10.8. The molecule has 0 heterocycles. The van der Waals surface area contributed by atoms with E-state index in [9.17, 15) is 18.0 Å². The predicted octanol–water partition coefficient (Wildman–Crippen LogP) is 3.29. The van der Waals surface area contributed by atoms with E-state index in [0.717, 1.165) is 44.9 Å². The standard InChI is InChI=1S/C19H30O8S/c1-14-15(17(21)19(26-3)18(25-2)16(14)20)12-10-8-6-4-5-7-9-11-13-27-28(22,23)24/h4-13H2,1-3H3,(H,22,23,24). The molecule has 0 aromatic rings. The van der Waals surface area contributed by atoms with Gasteiger partial charge in [-0.3, -0.25) is 14.1 Å². The summed E-state index contributed by atoms with van der Waals surface area (Å²) in [5.41, 5.74) is 0.927. The summed E-state index contributed by atoms with van der Waals surface area (Å²) in [7, 11) is -1.63. The Bertz CT molecular complexity index is 718. The molecule has 8 nitrogen and oxygen atoms in total. The number of hydrogen-bond donors (Lipinski definition) is 1. The molecule has 0 saturated heterocycles. The zero-order valence-corrected chi connectivity index (χ0v) is 17.6. The molecule has 0 unspecified atom stereocenters. The van der Waals surface area contributed by atoms with Crippen molar-refractivity contribution in [1.29, 1.82) is 0 Å². The molecule has 1 aliphatic rings. The van der Waals surface area contributed by atoms with Gasteiger partial charge in [-0.05, 0) is 26.2 Å². The molecule has 0 radical (unpaired) electrons. The summed E-state index contributed by atoms with van der Waals surface area (Å²) in [4.78, 5) is 24.8. The fraction of sp³-hybridized carbons (Fsp3) is 0.684. The molecule has 160 valence electrons. The fourth-order valence-corrected chi connectivity index (χ4v) is 3.45. The van der Waals surface area contributed by atoms with E-state index < -0.39 is 10.4 Å². The molecule has 0 aliphatic heterocycles. The molecule has 0 fully saturated rings. The third-order valence-corrected chi connectivity index (χ3v) is 5.11. The highest BCUT2D eigenvalue weighted by Gasteiger charge is 2.34. The lowest BCUT2D eigenvalue weighted by atomic mass is 9.89. The maximum atomic E-state index is 12.5. The Morgan fingerprint density at radius 2 is 1.25 bits per heavy atom. The average molecular weight is 419 g/mol. The van der Waals surface area contributed by atoms with Crippen molar-refractivity contribution in [2.45, 2.75) is 64.7 Å². The van der Waals surface area contributed by atoms with E-state index in [4.69, 9.17) is 14.0 Å². The second-order valence-electron chi connectivity index (χ2n) is 6.66. The van der Waals surface area contributed by atoms with Crippen LogP contribution in [0.1, 0.15) is 64.7 Å². The highest BCUT2D eigenvalue weighted by atomic mass is 32.3. The van der Waals surface area contributed by atoms with Gasteiger partial charge in [0.2, 0.25) is 23.1 Å². The van der Waals surface area contributed by atoms with Crippen LogP contribution >= 0.6 is 0 Å². The van der Waals surface area contributed by atoms with Crippen molar-refractivity contribution in [2.24, 2.45) is 0 Å². The lowest BCUT2D eigenvalue weighted by molar-refractivity contribution is -0.121. The van der Waals surface area contributed by atoms with Crippen molar-refractivity contribution >= 4 is 22.0 Å². The molecule has 9 heteroatoms. The summed E-state index contributed by atoms with van der Waals surface area (Å²) in [6, 6.07) is 0. The smallest absolute Gasteiger partial charge is 0.397 e. The lowest BCUT2D eigenvalue weighted by Crippen LogP contribution is -2.25. The maximum Gasteiger partial charge on any atom is 0.397 e. The Hall–Kier alpha value is -1.71. The van der Waals surface area contributed by atoms with Crippen molar-refractivity contribution < 1.29 is 36.2 Å². The number of rotatable bonds is 14. The number of methoxy groups -OCH3 is 2. The molecule has 1 aliphatic carbocycles. The number of Topliss-reactive ketones (excluding diaryl/α,β-unsaturated/α-hetero) is 2. The topological polar surface area (TPSA) is 116 Å². The van der Waals surface area contributed by atoms with E-state index >= 15 is 0 Å². The van der Waals surface area contributed by atoms with Crippen LogP contribution in [0.15, 0.2) is 22.7 Å². The molecule has 0 saturated carbocycles. The number of hydrogen-bond acceptors (Lipinski definition) is 7. The van der Waals surface area contributed by atoms with Gasteiger partial charge in [0, 0.05) is 11.1 Å². The molecule has 0 aromatic heterocycles. The first-order valence-electron chi connectivity index (χ1n) is 9.46. The van der Waals surface area contributed by atoms with Crippen LogP contribution in [0.25, 0.3) is 0 Å². The van der Waals surface area contributed by atoms with Crippen molar-refractivity contribution in [3.63, 3.8) is 0 Å². The van der Waals surface area contributed by atoms with Crippen LogP contribution in [-0.4, -0.2) is 45.4 Å². The molecule has 0 aromatic carbocycles. The Balaban J connectivity index is 2.23. The van der Waals surface area contributed by atoms with Crippen molar-refractivity contribution in [1.82, 2.24) is 0 Å². The van der Waals surface area contributed by atoms with Gasteiger partial charge in [-0.1, -0.05) is 38.5 Å². The highest BCUT2D eigenvalue weighted by Crippen LogP contribution is 2.28. The molecule has 0 amide bonds. The van der Waals surface area contributed by atoms with E-state index in [-0.39, 0.29) is 29.7 Å². The van der Waals surface area contributed by atoms with Crippen LogP contribution in [0.2, 0.25) is 0 Å². The summed E-state index contributed by atoms with van der Waals surface area (Å²) in [5, 5.41) is 0. The number of unbranched alkanes of at least 4 members (excludes halogenated alkanes) is 7. The fourth-order valence-electron chi connectivity index (χ4n) is 3.12. The minimum atomic E-state index is -4.33. The van der Waals surface area contributed by atoms with E-state index in [1.165, 1.54) is 14.2 Å². The van der Waals surface area contributed by atoms with Gasteiger partial charge in [0.25, 0.3) is 0 Å². The van der Waals surface area contributed by atoms with Gasteiger partial charge in [0.15, 0.2) is 0 Å². The molecular formula is C19H30O8S. The summed E-state index contributed by atoms with van der Waals surface area (Å²) >= 11 is 0. The third kappa shape index (κ3) is 7.73. The molecule has 0 atom stereocenters. The first-order chi connectivity index (χ1) is 13.2. The number of allylic oxidation sites excluding steroid dienone is 2. The zero-order valence-electron chi connectivity index (χ0n) is 16.8. The number of carbonyl (C=O) groups is 2. The maximum absolute atomic E-state index is 12.5.